The van der Waals surface area contributed by atoms with Crippen molar-refractivity contribution >= 4 is 36.4 Å². The molecule has 154 valence electrons. The van der Waals surface area contributed by atoms with Gasteiger partial charge in [-0.15, -0.1) is 24.8 Å². The zero-order valence-electron chi connectivity index (χ0n) is 16.2. The highest BCUT2D eigenvalue weighted by Gasteiger charge is 2.42. The van der Waals surface area contributed by atoms with Crippen molar-refractivity contribution in [1.82, 2.24) is 10.6 Å². The summed E-state index contributed by atoms with van der Waals surface area (Å²) in [6, 6.07) is 7.67. The van der Waals surface area contributed by atoms with Gasteiger partial charge in [-0.3, -0.25) is 4.79 Å². The number of hydrogen-bond acceptors (Lipinski definition) is 5. The minimum absolute atomic E-state index is 0. The minimum Gasteiger partial charge on any atom is -0.497 e. The molecule has 0 aliphatic carbocycles. The number of carbonyl (C=O) groups excluding carboxylic acids is 1. The van der Waals surface area contributed by atoms with Crippen LogP contribution in [0, 0.1) is 0 Å². The maximum Gasteiger partial charge on any atom is 0.245 e. The summed E-state index contributed by atoms with van der Waals surface area (Å²) in [7, 11) is 1.64. The first-order valence-electron chi connectivity index (χ1n) is 9.00. The van der Waals surface area contributed by atoms with E-state index in [1.165, 1.54) is 0 Å². The monoisotopic (exact) mass is 419 g/mol. The van der Waals surface area contributed by atoms with E-state index in [0.29, 0.717) is 6.61 Å². The number of anilines is 1. The summed E-state index contributed by atoms with van der Waals surface area (Å²) in [6.07, 6.45) is 2.94. The Labute approximate surface area is 174 Å². The molecule has 0 aromatic heterocycles. The maximum atomic E-state index is 12.8. The summed E-state index contributed by atoms with van der Waals surface area (Å²) in [5.41, 5.74) is 0.133. The Kier molecular flexibility index (Phi) is 8.67. The van der Waals surface area contributed by atoms with Gasteiger partial charge in [0.2, 0.25) is 5.91 Å². The number of nitrogens with one attached hydrogen (secondary N) is 3. The fraction of sp³-hybridized carbons (Fsp3) is 0.632. The Morgan fingerprint density at radius 3 is 2.44 bits per heavy atom. The van der Waals surface area contributed by atoms with Gasteiger partial charge in [0.05, 0.1) is 25.4 Å². The zero-order chi connectivity index (χ0) is 17.9. The number of rotatable bonds is 5. The van der Waals surface area contributed by atoms with Crippen molar-refractivity contribution in [2.75, 3.05) is 32.1 Å². The van der Waals surface area contributed by atoms with Gasteiger partial charge in [-0.2, -0.15) is 0 Å². The van der Waals surface area contributed by atoms with Crippen LogP contribution in [0.5, 0.6) is 5.75 Å². The first-order valence-corrected chi connectivity index (χ1v) is 9.00. The molecule has 2 heterocycles. The summed E-state index contributed by atoms with van der Waals surface area (Å²) in [5, 5.41) is 9.82. The van der Waals surface area contributed by atoms with Gasteiger partial charge in [-0.05, 0) is 70.5 Å². The van der Waals surface area contributed by atoms with Gasteiger partial charge in [-0.25, -0.2) is 0 Å². The molecule has 8 heteroatoms. The molecule has 1 atom stereocenters. The average molecular weight is 420 g/mol. The van der Waals surface area contributed by atoms with Gasteiger partial charge in [0.1, 0.15) is 11.3 Å². The summed E-state index contributed by atoms with van der Waals surface area (Å²) in [6.45, 7) is 6.37. The molecule has 0 bridgehead atoms. The summed E-state index contributed by atoms with van der Waals surface area (Å²) in [4.78, 5) is 12.8. The Morgan fingerprint density at radius 2 is 1.85 bits per heavy atom. The van der Waals surface area contributed by atoms with Crippen molar-refractivity contribution < 1.29 is 14.3 Å². The first-order chi connectivity index (χ1) is 11.9. The molecule has 0 saturated carbocycles. The lowest BCUT2D eigenvalue weighted by Crippen LogP contribution is -2.51. The second kappa shape index (κ2) is 9.82. The largest absolute Gasteiger partial charge is 0.497 e. The number of ether oxygens (including phenoxy) is 2. The van der Waals surface area contributed by atoms with Crippen LogP contribution in [0.4, 0.5) is 5.69 Å². The van der Waals surface area contributed by atoms with Crippen LogP contribution in [0.15, 0.2) is 24.3 Å². The number of methoxy groups -OCH3 is 1. The van der Waals surface area contributed by atoms with Gasteiger partial charge < -0.3 is 25.4 Å². The molecule has 1 amide bonds. The highest BCUT2D eigenvalue weighted by atomic mass is 35.5. The second-order valence-corrected chi connectivity index (χ2v) is 7.60. The molecule has 3 N–H and O–H groups in total. The molecule has 27 heavy (non-hydrogen) atoms. The smallest absolute Gasteiger partial charge is 0.245 e. The number of piperidine rings is 1. The van der Waals surface area contributed by atoms with E-state index in [4.69, 9.17) is 9.47 Å². The van der Waals surface area contributed by atoms with E-state index in [-0.39, 0.29) is 42.4 Å². The Bertz CT molecular complexity index is 605. The van der Waals surface area contributed by atoms with E-state index in [9.17, 15) is 4.79 Å². The topological polar surface area (TPSA) is 71.6 Å². The van der Waals surface area contributed by atoms with Crippen molar-refractivity contribution in [1.29, 1.82) is 0 Å². The van der Waals surface area contributed by atoms with Crippen LogP contribution in [-0.4, -0.2) is 49.9 Å². The van der Waals surface area contributed by atoms with Gasteiger partial charge in [0, 0.05) is 5.69 Å². The molecule has 6 nitrogen and oxygen atoms in total. The van der Waals surface area contributed by atoms with Gasteiger partial charge in [0.25, 0.3) is 0 Å². The van der Waals surface area contributed by atoms with E-state index in [1.807, 2.05) is 38.1 Å². The van der Waals surface area contributed by atoms with E-state index >= 15 is 0 Å². The van der Waals surface area contributed by atoms with Crippen LogP contribution in [-0.2, 0) is 9.53 Å². The third-order valence-corrected chi connectivity index (χ3v) is 5.17. The Hall–Kier alpha value is -1.21. The molecule has 1 aromatic carbocycles. The summed E-state index contributed by atoms with van der Waals surface area (Å²) >= 11 is 0. The normalized spacial score (nSPS) is 20.9. The molecule has 2 aliphatic rings. The maximum absolute atomic E-state index is 12.8. The second-order valence-electron chi connectivity index (χ2n) is 7.60. The quantitative estimate of drug-likeness (QED) is 0.684. The van der Waals surface area contributed by atoms with Crippen molar-refractivity contribution in [3.63, 3.8) is 0 Å². The number of amides is 1. The van der Waals surface area contributed by atoms with Gasteiger partial charge in [-0.1, -0.05) is 0 Å². The lowest BCUT2D eigenvalue weighted by Gasteiger charge is -2.33. The van der Waals surface area contributed by atoms with Crippen molar-refractivity contribution in [3.05, 3.63) is 24.3 Å². The van der Waals surface area contributed by atoms with E-state index in [1.54, 1.807) is 7.11 Å². The fourth-order valence-corrected chi connectivity index (χ4v) is 3.63. The molecule has 3 rings (SSSR count). The van der Waals surface area contributed by atoms with Crippen LogP contribution >= 0.6 is 24.8 Å². The van der Waals surface area contributed by atoms with E-state index in [0.717, 1.165) is 43.8 Å². The van der Waals surface area contributed by atoms with Crippen molar-refractivity contribution in [2.24, 2.45) is 0 Å². The van der Waals surface area contributed by atoms with Crippen LogP contribution in [0.3, 0.4) is 0 Å². The number of hydrogen-bond donors (Lipinski definition) is 3. The fourth-order valence-electron chi connectivity index (χ4n) is 3.63. The predicted octanol–water partition coefficient (Wildman–Crippen LogP) is 2.76. The van der Waals surface area contributed by atoms with Gasteiger partial charge in [0.15, 0.2) is 0 Å². The standard InChI is InChI=1S/C19H29N3O3.2ClH/c1-18(2,22-14-4-6-16(24-3)7-5-14)17(23)21-15-12-19(25-13-15)8-10-20-11-9-19;;/h4-7,15,20,22H,8-13H2,1-3H3,(H,21,23);2*1H. The zero-order valence-corrected chi connectivity index (χ0v) is 17.8. The molecule has 2 saturated heterocycles. The molecule has 2 aliphatic heterocycles. The highest BCUT2D eigenvalue weighted by Crippen LogP contribution is 2.34. The lowest BCUT2D eigenvalue weighted by atomic mass is 9.88. The summed E-state index contributed by atoms with van der Waals surface area (Å²) < 4.78 is 11.2. The number of halogens is 2. The Balaban J connectivity index is 0.00000182. The van der Waals surface area contributed by atoms with Crippen LogP contribution < -0.4 is 20.7 Å². The lowest BCUT2D eigenvalue weighted by molar-refractivity contribution is -0.125. The van der Waals surface area contributed by atoms with Crippen LogP contribution in [0.1, 0.15) is 33.1 Å². The molecular weight excluding hydrogens is 389 g/mol. The van der Waals surface area contributed by atoms with E-state index in [2.05, 4.69) is 16.0 Å². The number of carbonyl (C=O) groups is 1. The molecule has 2 fully saturated rings. The third-order valence-electron chi connectivity index (χ3n) is 5.17. The number of benzene rings is 1. The average Bonchev–Trinajstić information content (AvgIpc) is 2.98. The molecule has 0 radical (unpaired) electrons. The third kappa shape index (κ3) is 5.88. The van der Waals surface area contributed by atoms with Crippen LogP contribution in [0.2, 0.25) is 0 Å². The summed E-state index contributed by atoms with van der Waals surface area (Å²) in [5.74, 6) is 0.783. The minimum atomic E-state index is -0.710. The Morgan fingerprint density at radius 1 is 1.22 bits per heavy atom. The molecule has 1 unspecified atom stereocenters. The van der Waals surface area contributed by atoms with Crippen LogP contribution in [0.25, 0.3) is 0 Å². The SMILES string of the molecule is COc1ccc(NC(C)(C)C(=O)NC2COC3(CCNCC3)C2)cc1.Cl.Cl. The molecular formula is C19H31Cl2N3O3. The van der Waals surface area contributed by atoms with Crippen molar-refractivity contribution in [2.45, 2.75) is 50.3 Å². The van der Waals surface area contributed by atoms with E-state index < -0.39 is 5.54 Å². The first kappa shape index (κ1) is 23.8. The highest BCUT2D eigenvalue weighted by molar-refractivity contribution is 5.88. The molecule has 1 aromatic rings. The van der Waals surface area contributed by atoms with Gasteiger partial charge >= 0.3 is 0 Å². The predicted molar refractivity (Wildman–Crippen MR) is 113 cm³/mol. The molecule has 1 spiro atoms. The van der Waals surface area contributed by atoms with Crippen molar-refractivity contribution in [3.8, 4) is 5.75 Å².